The van der Waals surface area contributed by atoms with Gasteiger partial charge in [0.2, 0.25) is 6.39 Å². The van der Waals surface area contributed by atoms with Crippen molar-refractivity contribution < 1.29 is 9.26 Å². The zero-order chi connectivity index (χ0) is 7.40. The monoisotopic (exact) mass is 143 g/mol. The van der Waals surface area contributed by atoms with Crippen molar-refractivity contribution in [3.05, 3.63) is 12.2 Å². The van der Waals surface area contributed by atoms with Crippen LogP contribution in [0.4, 0.5) is 0 Å². The first-order chi connectivity index (χ1) is 4.84. The fourth-order valence-electron chi connectivity index (χ4n) is 0.596. The highest BCUT2D eigenvalue weighted by molar-refractivity contribution is 4.87. The van der Waals surface area contributed by atoms with E-state index in [4.69, 9.17) is 10.5 Å². The molecule has 1 rings (SSSR count). The average Bonchev–Trinajstić information content (AvgIpc) is 2.38. The molecule has 1 aromatic rings. The Hall–Kier alpha value is -0.940. The first kappa shape index (κ1) is 7.17. The summed E-state index contributed by atoms with van der Waals surface area (Å²) in [5, 5.41) is 3.54. The van der Waals surface area contributed by atoms with Gasteiger partial charge in [0.1, 0.15) is 0 Å². The third-order valence-electron chi connectivity index (χ3n) is 1.06. The molecule has 0 aliphatic carbocycles. The maximum atomic E-state index is 5.54. The summed E-state index contributed by atoms with van der Waals surface area (Å²) in [5.74, 6) is 0.474. The second kappa shape index (κ2) is 3.28. The van der Waals surface area contributed by atoms with E-state index in [2.05, 4.69) is 14.7 Å². The first-order valence-electron chi connectivity index (χ1n) is 2.85. The Bertz CT molecular complexity index is 175. The van der Waals surface area contributed by atoms with Crippen molar-refractivity contribution in [3.63, 3.8) is 0 Å². The van der Waals surface area contributed by atoms with Crippen LogP contribution in [0, 0.1) is 0 Å². The second-order valence-corrected chi connectivity index (χ2v) is 1.85. The highest BCUT2D eigenvalue weighted by Crippen LogP contribution is 2.01. The molecule has 0 spiro atoms. The quantitative estimate of drug-likeness (QED) is 0.629. The van der Waals surface area contributed by atoms with Crippen LogP contribution in [0.3, 0.4) is 0 Å². The average molecular weight is 143 g/mol. The van der Waals surface area contributed by atoms with Gasteiger partial charge in [-0.25, -0.2) is 0 Å². The van der Waals surface area contributed by atoms with Gasteiger partial charge in [0, 0.05) is 7.11 Å². The summed E-state index contributed by atoms with van der Waals surface area (Å²) in [5.41, 5.74) is 5.54. The topological polar surface area (TPSA) is 74.2 Å². The molecule has 0 aromatic carbocycles. The van der Waals surface area contributed by atoms with Crippen LogP contribution >= 0.6 is 0 Å². The van der Waals surface area contributed by atoms with Gasteiger partial charge in [0.15, 0.2) is 5.82 Å². The number of nitrogens with zero attached hydrogens (tertiary/aromatic N) is 2. The predicted molar refractivity (Wildman–Crippen MR) is 33.1 cm³/mol. The zero-order valence-electron chi connectivity index (χ0n) is 5.65. The van der Waals surface area contributed by atoms with E-state index in [9.17, 15) is 0 Å². The van der Waals surface area contributed by atoms with Gasteiger partial charge >= 0.3 is 0 Å². The summed E-state index contributed by atoms with van der Waals surface area (Å²) in [6, 6.07) is -0.288. The molecule has 0 amide bonds. The Balaban J connectivity index is 2.50. The van der Waals surface area contributed by atoms with Crippen LogP contribution in [0.15, 0.2) is 10.9 Å². The van der Waals surface area contributed by atoms with E-state index in [1.54, 1.807) is 7.11 Å². The number of aromatic nitrogens is 2. The summed E-state index contributed by atoms with van der Waals surface area (Å²) < 4.78 is 9.27. The van der Waals surface area contributed by atoms with Gasteiger partial charge in [0.25, 0.3) is 0 Å². The summed E-state index contributed by atoms with van der Waals surface area (Å²) >= 11 is 0. The lowest BCUT2D eigenvalue weighted by molar-refractivity contribution is 0.177. The Morgan fingerprint density at radius 3 is 3.20 bits per heavy atom. The summed E-state index contributed by atoms with van der Waals surface area (Å²) in [6.07, 6.45) is 1.24. The standard InChI is InChI=1S/C5H9N3O2/c1-9-2-4(6)5-7-3-10-8-5/h3-4H,2,6H2,1H3/t4-/m0/s1. The smallest absolute Gasteiger partial charge is 0.213 e. The molecule has 0 fully saturated rings. The summed E-state index contributed by atoms with van der Waals surface area (Å²) in [7, 11) is 1.57. The number of hydrogen-bond donors (Lipinski definition) is 1. The van der Waals surface area contributed by atoms with Crippen LogP contribution in [0.1, 0.15) is 11.9 Å². The molecule has 5 nitrogen and oxygen atoms in total. The van der Waals surface area contributed by atoms with E-state index in [-0.39, 0.29) is 6.04 Å². The highest BCUT2D eigenvalue weighted by Gasteiger charge is 2.08. The fourth-order valence-corrected chi connectivity index (χ4v) is 0.596. The number of ether oxygens (including phenoxy) is 1. The van der Waals surface area contributed by atoms with Gasteiger partial charge in [-0.2, -0.15) is 4.98 Å². The molecule has 1 aromatic heterocycles. The SMILES string of the molecule is COC[C@H](N)c1ncon1. The van der Waals surface area contributed by atoms with Crippen molar-refractivity contribution in [1.29, 1.82) is 0 Å². The largest absolute Gasteiger partial charge is 0.383 e. The van der Waals surface area contributed by atoms with Crippen LogP contribution in [0.25, 0.3) is 0 Å². The lowest BCUT2D eigenvalue weighted by atomic mass is 10.3. The third kappa shape index (κ3) is 1.52. The van der Waals surface area contributed by atoms with Crippen LogP contribution in [0.5, 0.6) is 0 Å². The van der Waals surface area contributed by atoms with E-state index in [0.29, 0.717) is 12.4 Å². The minimum atomic E-state index is -0.288. The maximum Gasteiger partial charge on any atom is 0.213 e. The van der Waals surface area contributed by atoms with Gasteiger partial charge in [-0.1, -0.05) is 5.16 Å². The number of nitrogens with two attached hydrogens (primary N) is 1. The van der Waals surface area contributed by atoms with E-state index in [1.807, 2.05) is 0 Å². The van der Waals surface area contributed by atoms with Crippen molar-refractivity contribution in [3.8, 4) is 0 Å². The normalized spacial score (nSPS) is 13.4. The Morgan fingerprint density at radius 1 is 1.90 bits per heavy atom. The van der Waals surface area contributed by atoms with Gasteiger partial charge in [-0.15, -0.1) is 0 Å². The maximum absolute atomic E-state index is 5.54. The first-order valence-corrected chi connectivity index (χ1v) is 2.85. The van der Waals surface area contributed by atoms with Crippen molar-refractivity contribution in [2.24, 2.45) is 5.73 Å². The molecule has 0 saturated carbocycles. The molecular formula is C5H9N3O2. The second-order valence-electron chi connectivity index (χ2n) is 1.85. The molecule has 0 unspecified atom stereocenters. The lowest BCUT2D eigenvalue weighted by Gasteiger charge is -2.02. The third-order valence-corrected chi connectivity index (χ3v) is 1.06. The lowest BCUT2D eigenvalue weighted by Crippen LogP contribution is -2.17. The molecule has 1 atom stereocenters. The Morgan fingerprint density at radius 2 is 2.70 bits per heavy atom. The molecule has 0 bridgehead atoms. The van der Waals surface area contributed by atoms with E-state index >= 15 is 0 Å². The molecule has 0 aliphatic rings. The molecule has 1 heterocycles. The molecule has 5 heteroatoms. The minimum absolute atomic E-state index is 0.288. The van der Waals surface area contributed by atoms with Crippen molar-refractivity contribution in [1.82, 2.24) is 10.1 Å². The van der Waals surface area contributed by atoms with E-state index < -0.39 is 0 Å². The van der Waals surface area contributed by atoms with E-state index in [0.717, 1.165) is 0 Å². The van der Waals surface area contributed by atoms with Crippen LogP contribution in [0.2, 0.25) is 0 Å². The summed E-state index contributed by atoms with van der Waals surface area (Å²) in [6.45, 7) is 0.402. The zero-order valence-corrected chi connectivity index (χ0v) is 5.65. The molecule has 0 aliphatic heterocycles. The molecule has 56 valence electrons. The number of hydrogen-bond acceptors (Lipinski definition) is 5. The molecule has 10 heavy (non-hydrogen) atoms. The number of rotatable bonds is 3. The van der Waals surface area contributed by atoms with Crippen molar-refractivity contribution in [2.75, 3.05) is 13.7 Å². The van der Waals surface area contributed by atoms with E-state index in [1.165, 1.54) is 6.39 Å². The van der Waals surface area contributed by atoms with Gasteiger partial charge in [-0.05, 0) is 0 Å². The summed E-state index contributed by atoms with van der Waals surface area (Å²) in [4.78, 5) is 3.75. The predicted octanol–water partition coefficient (Wildman–Crippen LogP) is -0.284. The fraction of sp³-hybridized carbons (Fsp3) is 0.600. The van der Waals surface area contributed by atoms with Gasteiger partial charge in [-0.3, -0.25) is 0 Å². The van der Waals surface area contributed by atoms with Crippen LogP contribution < -0.4 is 5.73 Å². The highest BCUT2D eigenvalue weighted by atomic mass is 16.5. The van der Waals surface area contributed by atoms with Crippen LogP contribution in [-0.2, 0) is 4.74 Å². The van der Waals surface area contributed by atoms with Gasteiger partial charge < -0.3 is 15.0 Å². The minimum Gasteiger partial charge on any atom is -0.383 e. The van der Waals surface area contributed by atoms with Crippen molar-refractivity contribution in [2.45, 2.75) is 6.04 Å². The Labute approximate surface area is 58.2 Å². The van der Waals surface area contributed by atoms with Crippen LogP contribution in [-0.4, -0.2) is 23.9 Å². The molecule has 0 radical (unpaired) electrons. The van der Waals surface area contributed by atoms with Gasteiger partial charge in [0.05, 0.1) is 12.6 Å². The van der Waals surface area contributed by atoms with Crippen molar-refractivity contribution >= 4 is 0 Å². The Kier molecular flexibility index (Phi) is 2.35. The number of methoxy groups -OCH3 is 1. The molecular weight excluding hydrogens is 134 g/mol. The molecule has 0 saturated heterocycles. The molecule has 2 N–H and O–H groups in total.